The van der Waals surface area contributed by atoms with Crippen LogP contribution < -0.4 is 10.5 Å². The molecule has 0 radical (unpaired) electrons. The van der Waals surface area contributed by atoms with Gasteiger partial charge in [-0.2, -0.15) is 4.52 Å². The lowest BCUT2D eigenvalue weighted by molar-refractivity contribution is 0.684. The molecule has 1 aliphatic heterocycles. The molecule has 0 N–H and O–H groups in total. The van der Waals surface area contributed by atoms with Gasteiger partial charge < -0.3 is 4.90 Å². The molecule has 0 atom stereocenters. The van der Waals surface area contributed by atoms with Crippen molar-refractivity contribution in [2.75, 3.05) is 11.4 Å². The fourth-order valence-corrected chi connectivity index (χ4v) is 3.86. The van der Waals surface area contributed by atoms with Gasteiger partial charge in [0.2, 0.25) is 0 Å². The van der Waals surface area contributed by atoms with Gasteiger partial charge in [0.15, 0.2) is 11.5 Å². The number of aryl methyl sites for hydroxylation is 1. The van der Waals surface area contributed by atoms with Crippen molar-refractivity contribution < 1.29 is 0 Å². The zero-order chi connectivity index (χ0) is 20.0. The van der Waals surface area contributed by atoms with Crippen molar-refractivity contribution in [1.29, 1.82) is 0 Å². The number of fused-ring (bicyclic) bond motifs is 2. The molecule has 4 aromatic heterocycles. The molecule has 5 rings (SSSR count). The lowest BCUT2D eigenvalue weighted by atomic mass is 10.0. The maximum Gasteiger partial charge on any atom is 0.274 e. The van der Waals surface area contributed by atoms with E-state index in [1.165, 1.54) is 22.3 Å². The zero-order valence-electron chi connectivity index (χ0n) is 16.3. The van der Waals surface area contributed by atoms with E-state index in [1.54, 1.807) is 6.20 Å². The Kier molecular flexibility index (Phi) is 4.08. The average molecular weight is 384 g/mol. The van der Waals surface area contributed by atoms with Crippen LogP contribution >= 0.6 is 0 Å². The molecule has 1 aliphatic rings. The molecule has 0 saturated carbocycles. The average Bonchev–Trinajstić information content (AvgIpc) is 2.76. The summed E-state index contributed by atoms with van der Waals surface area (Å²) < 4.78 is 1.40. The minimum absolute atomic E-state index is 0.169. The van der Waals surface area contributed by atoms with Gasteiger partial charge in [-0.3, -0.25) is 14.8 Å². The Morgan fingerprint density at radius 2 is 1.90 bits per heavy atom. The third-order valence-corrected chi connectivity index (χ3v) is 5.59. The normalized spacial score (nSPS) is 13.5. The number of aromatic nitrogens is 5. The van der Waals surface area contributed by atoms with E-state index in [2.05, 4.69) is 31.0 Å². The van der Waals surface area contributed by atoms with Crippen LogP contribution in [0.3, 0.4) is 0 Å². The molecule has 0 unspecified atom stereocenters. The summed E-state index contributed by atoms with van der Waals surface area (Å²) in [7, 11) is 0. The van der Waals surface area contributed by atoms with Crippen LogP contribution in [-0.2, 0) is 13.0 Å². The van der Waals surface area contributed by atoms with Crippen LogP contribution in [0.5, 0.6) is 0 Å². The topological polar surface area (TPSA) is 76.3 Å². The highest BCUT2D eigenvalue weighted by molar-refractivity contribution is 5.64. The number of nitrogens with zero attached hydrogens (tertiary/aromatic N) is 6. The van der Waals surface area contributed by atoms with Gasteiger partial charge >= 0.3 is 0 Å². The highest BCUT2D eigenvalue weighted by Gasteiger charge is 2.22. The minimum atomic E-state index is -0.169. The van der Waals surface area contributed by atoms with Crippen LogP contribution in [0.4, 0.5) is 5.82 Å². The Balaban J connectivity index is 1.56. The van der Waals surface area contributed by atoms with E-state index in [0.717, 1.165) is 46.7 Å². The minimum Gasteiger partial charge on any atom is -0.350 e. The van der Waals surface area contributed by atoms with E-state index in [1.807, 2.05) is 38.4 Å². The van der Waals surface area contributed by atoms with Crippen LogP contribution in [0.2, 0.25) is 0 Å². The summed E-state index contributed by atoms with van der Waals surface area (Å²) >= 11 is 0. The first-order valence-electron chi connectivity index (χ1n) is 9.60. The number of rotatable bonds is 2. The van der Waals surface area contributed by atoms with E-state index >= 15 is 0 Å². The van der Waals surface area contributed by atoms with Crippen LogP contribution in [0, 0.1) is 13.8 Å². The molecule has 7 nitrogen and oxygen atoms in total. The molecule has 0 spiro atoms. The third kappa shape index (κ3) is 2.95. The van der Waals surface area contributed by atoms with Gasteiger partial charge in [-0.05, 0) is 31.5 Å². The van der Waals surface area contributed by atoms with E-state index < -0.39 is 0 Å². The second kappa shape index (κ2) is 6.77. The Morgan fingerprint density at radius 3 is 2.72 bits per heavy atom. The molecular weight excluding hydrogens is 364 g/mol. The van der Waals surface area contributed by atoms with E-state index in [0.29, 0.717) is 12.2 Å². The molecule has 4 aromatic rings. The molecule has 7 heteroatoms. The first kappa shape index (κ1) is 17.5. The summed E-state index contributed by atoms with van der Waals surface area (Å²) in [6, 6.07) is 7.59. The molecule has 144 valence electrons. The van der Waals surface area contributed by atoms with Gasteiger partial charge in [0.1, 0.15) is 0 Å². The first-order chi connectivity index (χ1) is 14.1. The third-order valence-electron chi connectivity index (χ3n) is 5.59. The summed E-state index contributed by atoms with van der Waals surface area (Å²) in [6.45, 7) is 5.53. The predicted molar refractivity (Wildman–Crippen MR) is 111 cm³/mol. The van der Waals surface area contributed by atoms with Crippen molar-refractivity contribution in [2.24, 2.45) is 0 Å². The SMILES string of the molecule is Cc1c(N2CCc3ncc(-c4cccnc4)cc3C2)nn2c(=O)ccnc2c1C. The molecule has 0 fully saturated rings. The number of hydrogen-bond donors (Lipinski definition) is 0. The second-order valence-electron chi connectivity index (χ2n) is 7.34. The monoisotopic (exact) mass is 384 g/mol. The molecule has 29 heavy (non-hydrogen) atoms. The second-order valence-corrected chi connectivity index (χ2v) is 7.34. The fourth-order valence-electron chi connectivity index (χ4n) is 3.86. The summed E-state index contributed by atoms with van der Waals surface area (Å²) in [6.07, 6.45) is 7.91. The molecule has 0 amide bonds. The maximum atomic E-state index is 12.3. The summed E-state index contributed by atoms with van der Waals surface area (Å²) in [5.41, 5.74) is 6.85. The van der Waals surface area contributed by atoms with Crippen molar-refractivity contribution in [3.05, 3.63) is 81.8 Å². The molecule has 0 aliphatic carbocycles. The van der Waals surface area contributed by atoms with Crippen molar-refractivity contribution in [3.8, 4) is 11.1 Å². The van der Waals surface area contributed by atoms with Crippen LogP contribution in [0.25, 0.3) is 16.8 Å². The van der Waals surface area contributed by atoms with Crippen molar-refractivity contribution >= 4 is 11.5 Å². The Morgan fingerprint density at radius 1 is 1.00 bits per heavy atom. The Labute approximate surface area is 167 Å². The number of hydrogen-bond acceptors (Lipinski definition) is 6. The van der Waals surface area contributed by atoms with Crippen molar-refractivity contribution in [3.63, 3.8) is 0 Å². The van der Waals surface area contributed by atoms with Gasteiger partial charge in [0.05, 0.1) is 0 Å². The lowest BCUT2D eigenvalue weighted by Gasteiger charge is -2.31. The van der Waals surface area contributed by atoms with Crippen LogP contribution in [-0.4, -0.2) is 31.1 Å². The highest BCUT2D eigenvalue weighted by Crippen LogP contribution is 2.29. The van der Waals surface area contributed by atoms with Gasteiger partial charge in [-0.1, -0.05) is 6.07 Å². The highest BCUT2D eigenvalue weighted by atomic mass is 16.1. The van der Waals surface area contributed by atoms with Crippen molar-refractivity contribution in [1.82, 2.24) is 24.6 Å². The molecule has 0 aromatic carbocycles. The van der Waals surface area contributed by atoms with Gasteiger partial charge in [-0.15, -0.1) is 5.10 Å². The van der Waals surface area contributed by atoms with Gasteiger partial charge in [-0.25, -0.2) is 4.98 Å². The maximum absolute atomic E-state index is 12.3. The summed E-state index contributed by atoms with van der Waals surface area (Å²) in [4.78, 5) is 27.8. The fraction of sp³-hybridized carbons (Fsp3) is 0.227. The summed E-state index contributed by atoms with van der Waals surface area (Å²) in [5.74, 6) is 0.822. The van der Waals surface area contributed by atoms with E-state index in [4.69, 9.17) is 0 Å². The quantitative estimate of drug-likeness (QED) is 0.529. The number of anilines is 1. The molecular formula is C22H20N6O. The zero-order valence-corrected chi connectivity index (χ0v) is 16.3. The van der Waals surface area contributed by atoms with Gasteiger partial charge in [0, 0.05) is 78.3 Å². The van der Waals surface area contributed by atoms with Crippen molar-refractivity contribution in [2.45, 2.75) is 26.8 Å². The smallest absolute Gasteiger partial charge is 0.274 e. The largest absolute Gasteiger partial charge is 0.350 e. The van der Waals surface area contributed by atoms with E-state index in [-0.39, 0.29) is 5.56 Å². The molecule has 0 bridgehead atoms. The lowest BCUT2D eigenvalue weighted by Crippen LogP contribution is -2.33. The standard InChI is InChI=1S/C22H20N6O/c1-14-15(2)22(26-28-20(29)5-8-24-21(14)28)27-9-6-19-18(13-27)10-17(12-25-19)16-4-3-7-23-11-16/h3-5,7-8,10-12H,6,9,13H2,1-2H3. The Hall–Kier alpha value is -3.61. The van der Waals surface area contributed by atoms with Gasteiger partial charge in [0.25, 0.3) is 5.56 Å². The first-order valence-corrected chi connectivity index (χ1v) is 9.60. The Bertz CT molecular complexity index is 1280. The summed E-state index contributed by atoms with van der Waals surface area (Å²) in [5, 5.41) is 4.65. The number of pyridine rings is 2. The molecule has 5 heterocycles. The van der Waals surface area contributed by atoms with E-state index in [9.17, 15) is 4.79 Å². The predicted octanol–water partition coefficient (Wildman–Crippen LogP) is 2.73. The van der Waals surface area contributed by atoms with Crippen LogP contribution in [0.1, 0.15) is 22.4 Å². The molecule has 0 saturated heterocycles. The van der Waals surface area contributed by atoms with Crippen LogP contribution in [0.15, 0.2) is 53.8 Å².